The first kappa shape index (κ1) is 19.1. The lowest BCUT2D eigenvalue weighted by atomic mass is 10.1. The molecule has 2 N–H and O–H groups in total. The van der Waals surface area contributed by atoms with Gasteiger partial charge < -0.3 is 15.4 Å². The molecule has 8 nitrogen and oxygen atoms in total. The molecular formula is C20H20N4O4. The Hall–Kier alpha value is -3.68. The molecule has 2 amide bonds. The summed E-state index contributed by atoms with van der Waals surface area (Å²) in [6.45, 7) is 3.52. The summed E-state index contributed by atoms with van der Waals surface area (Å²) in [4.78, 5) is 36.7. The van der Waals surface area contributed by atoms with E-state index in [1.54, 1.807) is 49.4 Å². The van der Waals surface area contributed by atoms with Crippen molar-refractivity contribution in [1.82, 2.24) is 9.78 Å². The van der Waals surface area contributed by atoms with Crippen LogP contribution in [0.5, 0.6) is 5.75 Å². The van der Waals surface area contributed by atoms with E-state index in [1.165, 1.54) is 18.7 Å². The topological polar surface area (TPSA) is 102 Å². The van der Waals surface area contributed by atoms with Crippen LogP contribution in [0, 0.1) is 0 Å². The summed E-state index contributed by atoms with van der Waals surface area (Å²) in [6, 6.07) is 11.7. The fourth-order valence-electron chi connectivity index (χ4n) is 2.88. The summed E-state index contributed by atoms with van der Waals surface area (Å²) < 4.78 is 6.47. The van der Waals surface area contributed by atoms with Gasteiger partial charge in [-0.1, -0.05) is 18.2 Å². The van der Waals surface area contributed by atoms with Crippen molar-refractivity contribution >= 4 is 34.0 Å². The minimum atomic E-state index is -0.461. The molecule has 0 atom stereocenters. The number of carbonyl (C=O) groups is 2. The summed E-state index contributed by atoms with van der Waals surface area (Å²) in [5, 5.41) is 10.5. The maximum absolute atomic E-state index is 12.9. The van der Waals surface area contributed by atoms with E-state index in [1.807, 2.05) is 0 Å². The zero-order valence-corrected chi connectivity index (χ0v) is 15.8. The number of ether oxygens (including phenoxy) is 1. The Bertz CT molecular complexity index is 1120. The number of aromatic nitrogens is 2. The lowest BCUT2D eigenvalue weighted by molar-refractivity contribution is -0.114. The van der Waals surface area contributed by atoms with Gasteiger partial charge in [0.25, 0.3) is 11.5 Å². The largest absolute Gasteiger partial charge is 0.495 e. The van der Waals surface area contributed by atoms with Gasteiger partial charge in [-0.15, -0.1) is 0 Å². The summed E-state index contributed by atoms with van der Waals surface area (Å²) in [5.41, 5.74) is 0.791. The van der Waals surface area contributed by atoms with Crippen LogP contribution in [-0.2, 0) is 11.3 Å². The number of anilines is 2. The number of methoxy groups -OCH3 is 1. The van der Waals surface area contributed by atoms with Crippen LogP contribution in [-0.4, -0.2) is 28.7 Å². The fourth-order valence-corrected chi connectivity index (χ4v) is 2.88. The Morgan fingerprint density at radius 2 is 1.82 bits per heavy atom. The number of nitrogens with one attached hydrogen (secondary N) is 2. The van der Waals surface area contributed by atoms with Crippen LogP contribution in [0.4, 0.5) is 11.4 Å². The SMILES string of the molecule is CCn1nc(C(=O)Nc2ccc(OC)c(NC(C)=O)c2)c2ccccc2c1=O. The van der Waals surface area contributed by atoms with Gasteiger partial charge in [-0.3, -0.25) is 14.4 Å². The molecule has 0 fully saturated rings. The molecule has 2 aromatic carbocycles. The zero-order chi connectivity index (χ0) is 20.3. The van der Waals surface area contributed by atoms with Crippen LogP contribution in [0.3, 0.4) is 0 Å². The number of nitrogens with zero attached hydrogens (tertiary/aromatic N) is 2. The van der Waals surface area contributed by atoms with E-state index >= 15 is 0 Å². The van der Waals surface area contributed by atoms with Crippen molar-refractivity contribution in [1.29, 1.82) is 0 Å². The van der Waals surface area contributed by atoms with Gasteiger partial charge in [0.1, 0.15) is 5.75 Å². The molecule has 0 aliphatic heterocycles. The van der Waals surface area contributed by atoms with Crippen molar-refractivity contribution in [2.24, 2.45) is 0 Å². The fraction of sp³-hybridized carbons (Fsp3) is 0.200. The molecule has 0 aliphatic carbocycles. The second kappa shape index (κ2) is 7.91. The Labute approximate surface area is 161 Å². The number of hydrogen-bond acceptors (Lipinski definition) is 5. The number of rotatable bonds is 5. The van der Waals surface area contributed by atoms with E-state index in [9.17, 15) is 14.4 Å². The number of amides is 2. The van der Waals surface area contributed by atoms with Crippen molar-refractivity contribution in [3.05, 3.63) is 58.5 Å². The molecule has 0 unspecified atom stereocenters. The third-order valence-electron chi connectivity index (χ3n) is 4.15. The molecule has 0 spiro atoms. The average Bonchev–Trinajstić information content (AvgIpc) is 2.68. The third-order valence-corrected chi connectivity index (χ3v) is 4.15. The molecule has 8 heteroatoms. The maximum Gasteiger partial charge on any atom is 0.276 e. The number of fused-ring (bicyclic) bond motifs is 1. The molecule has 1 aromatic heterocycles. The first-order valence-corrected chi connectivity index (χ1v) is 8.71. The lowest BCUT2D eigenvalue weighted by Crippen LogP contribution is -2.27. The Morgan fingerprint density at radius 3 is 2.46 bits per heavy atom. The predicted molar refractivity (Wildman–Crippen MR) is 107 cm³/mol. The lowest BCUT2D eigenvalue weighted by Gasteiger charge is -2.13. The van der Waals surface area contributed by atoms with Crippen molar-refractivity contribution in [3.8, 4) is 5.75 Å². The van der Waals surface area contributed by atoms with Crippen molar-refractivity contribution in [2.45, 2.75) is 20.4 Å². The van der Waals surface area contributed by atoms with Crippen LogP contribution in [0.1, 0.15) is 24.3 Å². The monoisotopic (exact) mass is 380 g/mol. The quantitative estimate of drug-likeness (QED) is 0.708. The average molecular weight is 380 g/mol. The zero-order valence-electron chi connectivity index (χ0n) is 15.8. The molecule has 0 radical (unpaired) electrons. The molecule has 0 saturated carbocycles. The third kappa shape index (κ3) is 3.71. The summed E-state index contributed by atoms with van der Waals surface area (Å²) >= 11 is 0. The van der Waals surface area contributed by atoms with Crippen LogP contribution in [0.2, 0.25) is 0 Å². The van der Waals surface area contributed by atoms with Crippen LogP contribution in [0.25, 0.3) is 10.8 Å². The standard InChI is InChI=1S/C20H20N4O4/c1-4-24-20(27)15-8-6-5-7-14(15)18(23-24)19(26)22-13-9-10-17(28-3)16(11-13)21-12(2)25/h5-11H,4H2,1-3H3,(H,21,25)(H,22,26). The van der Waals surface area contributed by atoms with Crippen LogP contribution in [0.15, 0.2) is 47.3 Å². The molecule has 0 bridgehead atoms. The number of benzene rings is 2. The highest BCUT2D eigenvalue weighted by Gasteiger charge is 2.17. The molecule has 144 valence electrons. The molecule has 0 aliphatic rings. The van der Waals surface area contributed by atoms with E-state index < -0.39 is 5.91 Å². The van der Waals surface area contributed by atoms with Gasteiger partial charge in [0.2, 0.25) is 5.91 Å². The minimum Gasteiger partial charge on any atom is -0.495 e. The van der Waals surface area contributed by atoms with Gasteiger partial charge in [-0.25, -0.2) is 4.68 Å². The van der Waals surface area contributed by atoms with E-state index in [0.29, 0.717) is 34.4 Å². The molecule has 0 saturated heterocycles. The molecule has 1 heterocycles. The molecule has 3 rings (SSSR count). The highest BCUT2D eigenvalue weighted by atomic mass is 16.5. The second-order valence-corrected chi connectivity index (χ2v) is 6.07. The first-order chi connectivity index (χ1) is 13.4. The van der Waals surface area contributed by atoms with E-state index in [4.69, 9.17) is 4.74 Å². The minimum absolute atomic E-state index is 0.147. The van der Waals surface area contributed by atoms with Gasteiger partial charge in [-0.05, 0) is 31.2 Å². The van der Waals surface area contributed by atoms with Crippen molar-refractivity contribution in [3.63, 3.8) is 0 Å². The summed E-state index contributed by atoms with van der Waals surface area (Å²) in [5.74, 6) is -0.252. The number of carbonyl (C=O) groups excluding carboxylic acids is 2. The summed E-state index contributed by atoms with van der Waals surface area (Å²) in [7, 11) is 1.49. The molecule has 3 aromatic rings. The van der Waals surface area contributed by atoms with Gasteiger partial charge >= 0.3 is 0 Å². The van der Waals surface area contributed by atoms with Gasteiger partial charge in [0, 0.05) is 24.5 Å². The van der Waals surface area contributed by atoms with E-state index in [2.05, 4.69) is 15.7 Å². The smallest absolute Gasteiger partial charge is 0.276 e. The Balaban J connectivity index is 2.01. The van der Waals surface area contributed by atoms with Crippen molar-refractivity contribution < 1.29 is 14.3 Å². The Kier molecular flexibility index (Phi) is 5.39. The maximum atomic E-state index is 12.9. The normalized spacial score (nSPS) is 10.5. The number of hydrogen-bond donors (Lipinski definition) is 2. The van der Waals surface area contributed by atoms with Crippen molar-refractivity contribution in [2.75, 3.05) is 17.7 Å². The highest BCUT2D eigenvalue weighted by Crippen LogP contribution is 2.28. The molecule has 28 heavy (non-hydrogen) atoms. The van der Waals surface area contributed by atoms with Crippen LogP contribution < -0.4 is 20.9 Å². The van der Waals surface area contributed by atoms with E-state index in [0.717, 1.165) is 0 Å². The van der Waals surface area contributed by atoms with Gasteiger partial charge in [0.05, 0.1) is 18.2 Å². The predicted octanol–water partition coefficient (Wildman–Crippen LogP) is 2.64. The number of aryl methyl sites for hydroxylation is 1. The second-order valence-electron chi connectivity index (χ2n) is 6.07. The molecular weight excluding hydrogens is 360 g/mol. The highest BCUT2D eigenvalue weighted by molar-refractivity contribution is 6.11. The first-order valence-electron chi connectivity index (χ1n) is 8.71. The van der Waals surface area contributed by atoms with Gasteiger partial charge in [-0.2, -0.15) is 5.10 Å². The summed E-state index contributed by atoms with van der Waals surface area (Å²) in [6.07, 6.45) is 0. The van der Waals surface area contributed by atoms with E-state index in [-0.39, 0.29) is 17.2 Å². The van der Waals surface area contributed by atoms with Crippen LogP contribution >= 0.6 is 0 Å². The van der Waals surface area contributed by atoms with Gasteiger partial charge in [0.15, 0.2) is 5.69 Å². The Morgan fingerprint density at radius 1 is 1.11 bits per heavy atom.